The summed E-state index contributed by atoms with van der Waals surface area (Å²) in [4.78, 5) is 26.6. The second-order valence-corrected chi connectivity index (χ2v) is 9.60. The van der Waals surface area contributed by atoms with Crippen molar-refractivity contribution in [3.05, 3.63) is 18.2 Å². The molecule has 3 aromatic heterocycles. The fourth-order valence-corrected chi connectivity index (χ4v) is 5.71. The Kier molecular flexibility index (Phi) is 5.08. The molecule has 0 aliphatic carbocycles. The monoisotopic (exact) mass is 431 g/mol. The highest BCUT2D eigenvalue weighted by atomic mass is 32.2. The van der Waals surface area contributed by atoms with E-state index in [1.165, 1.54) is 6.33 Å². The van der Waals surface area contributed by atoms with Gasteiger partial charge in [0.2, 0.25) is 15.7 Å². The average Bonchev–Trinajstić information content (AvgIpc) is 3.45. The lowest BCUT2D eigenvalue weighted by atomic mass is 10.2. The first kappa shape index (κ1) is 20.5. The molecule has 0 N–H and O–H groups in total. The Hall–Kier alpha value is -2.82. The molecule has 10 nitrogen and oxygen atoms in total. The molecule has 1 atom stereocenters. The standard InChI is InChI=1S/C19H25N7O3S/c1-5-15(27)25-8-7-13(10-25)30(28,29)19-16-18(20-11-21-19)24(4)17(23-16)14-9-22-26(6-2)12(14)3/h9,11,13H,5-8,10H2,1-4H3/t13-/m0/s1. The lowest BCUT2D eigenvalue weighted by molar-refractivity contribution is -0.129. The van der Waals surface area contributed by atoms with Crippen LogP contribution in [-0.2, 0) is 28.2 Å². The molecule has 1 aliphatic rings. The van der Waals surface area contributed by atoms with E-state index in [2.05, 4.69) is 20.1 Å². The number of rotatable bonds is 5. The van der Waals surface area contributed by atoms with Crippen LogP contribution in [0.1, 0.15) is 32.4 Å². The Morgan fingerprint density at radius 2 is 2.03 bits per heavy atom. The van der Waals surface area contributed by atoms with Gasteiger partial charge in [-0.3, -0.25) is 9.48 Å². The van der Waals surface area contributed by atoms with Gasteiger partial charge in [0.05, 0.1) is 17.0 Å². The summed E-state index contributed by atoms with van der Waals surface area (Å²) >= 11 is 0. The Morgan fingerprint density at radius 3 is 2.70 bits per heavy atom. The maximum Gasteiger partial charge on any atom is 0.222 e. The van der Waals surface area contributed by atoms with Gasteiger partial charge in [0.25, 0.3) is 0 Å². The first-order chi connectivity index (χ1) is 14.3. The minimum Gasteiger partial charge on any atom is -0.341 e. The van der Waals surface area contributed by atoms with E-state index in [-0.39, 0.29) is 23.0 Å². The third-order valence-corrected chi connectivity index (χ3v) is 7.87. The van der Waals surface area contributed by atoms with Gasteiger partial charge in [0.15, 0.2) is 10.7 Å². The van der Waals surface area contributed by atoms with Crippen LogP contribution in [0.25, 0.3) is 22.6 Å². The number of carbonyl (C=O) groups excluding carboxylic acids is 1. The lowest BCUT2D eigenvalue weighted by Gasteiger charge is -2.15. The molecular formula is C19H25N7O3S. The number of hydrogen-bond acceptors (Lipinski definition) is 7. The molecule has 0 saturated carbocycles. The molecule has 160 valence electrons. The van der Waals surface area contributed by atoms with Crippen molar-refractivity contribution in [2.75, 3.05) is 13.1 Å². The van der Waals surface area contributed by atoms with Gasteiger partial charge >= 0.3 is 0 Å². The van der Waals surface area contributed by atoms with E-state index in [4.69, 9.17) is 0 Å². The van der Waals surface area contributed by atoms with Crippen LogP contribution in [0.15, 0.2) is 17.6 Å². The quantitative estimate of drug-likeness (QED) is 0.560. The second-order valence-electron chi connectivity index (χ2n) is 7.45. The Bertz CT molecular complexity index is 1230. The zero-order valence-corrected chi connectivity index (χ0v) is 18.3. The molecule has 11 heteroatoms. The van der Waals surface area contributed by atoms with E-state index < -0.39 is 15.1 Å². The Labute approximate surface area is 174 Å². The van der Waals surface area contributed by atoms with Gasteiger partial charge in [-0.2, -0.15) is 5.10 Å². The number of likely N-dealkylation sites (tertiary alicyclic amines) is 1. The number of hydrogen-bond donors (Lipinski definition) is 0. The normalized spacial score (nSPS) is 17.2. The number of fused-ring (bicyclic) bond motifs is 1. The number of aromatic nitrogens is 6. The highest BCUT2D eigenvalue weighted by Gasteiger charge is 2.38. The van der Waals surface area contributed by atoms with Crippen molar-refractivity contribution in [2.24, 2.45) is 7.05 Å². The summed E-state index contributed by atoms with van der Waals surface area (Å²) in [5.74, 6) is 0.553. The number of carbonyl (C=O) groups is 1. The predicted molar refractivity (Wildman–Crippen MR) is 110 cm³/mol. The van der Waals surface area contributed by atoms with Crippen LogP contribution in [0, 0.1) is 6.92 Å². The fourth-order valence-electron chi connectivity index (χ4n) is 4.00. The number of amides is 1. The summed E-state index contributed by atoms with van der Waals surface area (Å²) in [6.45, 7) is 7.08. The SMILES string of the molecule is CCC(=O)N1CC[C@H](S(=O)(=O)c2ncnc3c2nc(-c2cnn(CC)c2C)n3C)C1. The van der Waals surface area contributed by atoms with Crippen molar-refractivity contribution in [2.45, 2.75) is 50.4 Å². The predicted octanol–water partition coefficient (Wildman–Crippen LogP) is 1.34. The van der Waals surface area contributed by atoms with Crippen LogP contribution in [-0.4, -0.2) is 66.9 Å². The van der Waals surface area contributed by atoms with Crippen molar-refractivity contribution in [1.29, 1.82) is 0 Å². The molecule has 3 aromatic rings. The van der Waals surface area contributed by atoms with E-state index in [0.717, 1.165) is 17.8 Å². The maximum absolute atomic E-state index is 13.4. The third-order valence-electron chi connectivity index (χ3n) is 5.77. The first-order valence-electron chi connectivity index (χ1n) is 10.0. The molecular weight excluding hydrogens is 406 g/mol. The van der Waals surface area contributed by atoms with Crippen LogP contribution >= 0.6 is 0 Å². The van der Waals surface area contributed by atoms with Crippen molar-refractivity contribution in [3.63, 3.8) is 0 Å². The third kappa shape index (κ3) is 3.08. The van der Waals surface area contributed by atoms with Gasteiger partial charge in [0.1, 0.15) is 17.7 Å². The van der Waals surface area contributed by atoms with Gasteiger partial charge in [0, 0.05) is 38.8 Å². The van der Waals surface area contributed by atoms with Gasteiger partial charge in [-0.1, -0.05) is 6.92 Å². The number of nitrogens with zero attached hydrogens (tertiary/aromatic N) is 7. The zero-order chi connectivity index (χ0) is 21.6. The lowest BCUT2D eigenvalue weighted by Crippen LogP contribution is -2.31. The van der Waals surface area contributed by atoms with Crippen LogP contribution in [0.4, 0.5) is 0 Å². The molecule has 0 bridgehead atoms. The molecule has 1 saturated heterocycles. The van der Waals surface area contributed by atoms with Gasteiger partial charge in [-0.25, -0.2) is 23.4 Å². The van der Waals surface area contributed by atoms with Crippen LogP contribution in [0.2, 0.25) is 0 Å². The van der Waals surface area contributed by atoms with Crippen molar-refractivity contribution >= 4 is 26.9 Å². The summed E-state index contributed by atoms with van der Waals surface area (Å²) < 4.78 is 30.4. The summed E-state index contributed by atoms with van der Waals surface area (Å²) in [6.07, 6.45) is 3.74. The van der Waals surface area contributed by atoms with Crippen LogP contribution < -0.4 is 0 Å². The average molecular weight is 432 g/mol. The van der Waals surface area contributed by atoms with Gasteiger partial charge in [-0.05, 0) is 20.3 Å². The van der Waals surface area contributed by atoms with E-state index >= 15 is 0 Å². The summed E-state index contributed by atoms with van der Waals surface area (Å²) in [7, 11) is -1.98. The number of aryl methyl sites for hydroxylation is 2. The van der Waals surface area contributed by atoms with Gasteiger partial charge < -0.3 is 9.47 Å². The molecule has 4 heterocycles. The largest absolute Gasteiger partial charge is 0.341 e. The summed E-state index contributed by atoms with van der Waals surface area (Å²) in [5, 5.41) is 3.59. The zero-order valence-electron chi connectivity index (χ0n) is 17.5. The summed E-state index contributed by atoms with van der Waals surface area (Å²) in [6, 6.07) is 0. The minimum atomic E-state index is -3.78. The molecule has 1 fully saturated rings. The molecule has 0 spiro atoms. The smallest absolute Gasteiger partial charge is 0.222 e. The number of imidazole rings is 1. The molecule has 1 aliphatic heterocycles. The highest BCUT2D eigenvalue weighted by molar-refractivity contribution is 7.92. The minimum absolute atomic E-state index is 0.0379. The molecule has 30 heavy (non-hydrogen) atoms. The van der Waals surface area contributed by atoms with Crippen LogP contribution in [0.5, 0.6) is 0 Å². The van der Waals surface area contributed by atoms with Crippen molar-refractivity contribution in [1.82, 2.24) is 34.2 Å². The van der Waals surface area contributed by atoms with Gasteiger partial charge in [-0.15, -0.1) is 0 Å². The second kappa shape index (κ2) is 7.46. The van der Waals surface area contributed by atoms with E-state index in [9.17, 15) is 13.2 Å². The van der Waals surface area contributed by atoms with E-state index in [1.54, 1.807) is 29.6 Å². The van der Waals surface area contributed by atoms with Crippen molar-refractivity contribution in [3.8, 4) is 11.4 Å². The molecule has 0 radical (unpaired) electrons. The number of sulfone groups is 1. The molecule has 0 unspecified atom stereocenters. The van der Waals surface area contributed by atoms with Crippen LogP contribution in [0.3, 0.4) is 0 Å². The fraction of sp³-hybridized carbons (Fsp3) is 0.526. The molecule has 4 rings (SSSR count). The van der Waals surface area contributed by atoms with E-state index in [0.29, 0.717) is 30.9 Å². The maximum atomic E-state index is 13.4. The Balaban J connectivity index is 1.79. The van der Waals surface area contributed by atoms with E-state index in [1.807, 2.05) is 18.5 Å². The topological polar surface area (TPSA) is 116 Å². The van der Waals surface area contributed by atoms with Crippen molar-refractivity contribution < 1.29 is 13.2 Å². The molecule has 0 aromatic carbocycles. The first-order valence-corrected chi connectivity index (χ1v) is 11.6. The summed E-state index contributed by atoms with van der Waals surface area (Å²) in [5.41, 5.74) is 2.46. The molecule has 1 amide bonds. The Morgan fingerprint density at radius 1 is 1.27 bits per heavy atom. The highest BCUT2D eigenvalue weighted by Crippen LogP contribution is 2.30.